The van der Waals surface area contributed by atoms with E-state index in [0.717, 1.165) is 15.9 Å². The van der Waals surface area contributed by atoms with Crippen LogP contribution in [0.1, 0.15) is 21.7 Å². The van der Waals surface area contributed by atoms with Crippen molar-refractivity contribution in [3.8, 4) is 5.69 Å². The number of carboxylic acids is 1. The lowest BCUT2D eigenvalue weighted by Crippen LogP contribution is -2.43. The van der Waals surface area contributed by atoms with E-state index >= 15 is 0 Å². The maximum atomic E-state index is 11.7. The van der Waals surface area contributed by atoms with Gasteiger partial charge in [0, 0.05) is 36.1 Å². The van der Waals surface area contributed by atoms with Crippen LogP contribution in [0.25, 0.3) is 5.69 Å². The third kappa shape index (κ3) is 3.59. The second-order valence-corrected chi connectivity index (χ2v) is 6.92. The minimum atomic E-state index is -1.03. The Bertz CT molecular complexity index is 832. The molecule has 0 unspecified atom stereocenters. The predicted octanol–water partition coefficient (Wildman–Crippen LogP) is 2.75. The molecule has 0 radical (unpaired) electrons. The lowest BCUT2D eigenvalue weighted by atomic mass is 10.1. The molecule has 0 saturated carbocycles. The van der Waals surface area contributed by atoms with Gasteiger partial charge >= 0.3 is 5.97 Å². The fourth-order valence-corrected chi connectivity index (χ4v) is 3.33. The number of hydrogen-bond donors (Lipinski definition) is 2. The van der Waals surface area contributed by atoms with E-state index in [4.69, 9.17) is 12.2 Å². The zero-order chi connectivity index (χ0) is 18.0. The Balaban J connectivity index is 1.96. The number of halogens is 1. The molecule has 1 aromatic carbocycles. The number of nitrogens with one attached hydrogen (secondary N) is 1. The Labute approximate surface area is 159 Å². The van der Waals surface area contributed by atoms with E-state index in [0.29, 0.717) is 36.7 Å². The minimum absolute atomic E-state index is 0.0779. The van der Waals surface area contributed by atoms with Gasteiger partial charge in [0.25, 0.3) is 0 Å². The Morgan fingerprint density at radius 3 is 2.80 bits per heavy atom. The summed E-state index contributed by atoms with van der Waals surface area (Å²) in [6.45, 7) is 5.37. The molecule has 0 aliphatic carbocycles. The fourth-order valence-electron chi connectivity index (χ4n) is 2.83. The van der Waals surface area contributed by atoms with Crippen molar-refractivity contribution in [2.45, 2.75) is 13.0 Å². The van der Waals surface area contributed by atoms with Crippen LogP contribution in [-0.4, -0.2) is 44.0 Å². The fraction of sp³-hybridized carbons (Fsp3) is 0.235. The van der Waals surface area contributed by atoms with Gasteiger partial charge in [-0.05, 0) is 36.5 Å². The van der Waals surface area contributed by atoms with Gasteiger partial charge in [-0.2, -0.15) is 5.10 Å². The molecule has 0 fully saturated rings. The van der Waals surface area contributed by atoms with E-state index < -0.39 is 5.97 Å². The molecule has 8 heteroatoms. The van der Waals surface area contributed by atoms with E-state index in [9.17, 15) is 9.90 Å². The number of benzene rings is 1. The number of thiocarbonyl (C=S) groups is 1. The summed E-state index contributed by atoms with van der Waals surface area (Å²) in [6.07, 6.45) is 2.40. The van der Waals surface area contributed by atoms with Crippen LogP contribution in [0, 0.1) is 0 Å². The number of carboxylic acid groups (broad SMARTS) is 1. The molecule has 1 aliphatic heterocycles. The van der Waals surface area contributed by atoms with Gasteiger partial charge in [0.1, 0.15) is 0 Å². The van der Waals surface area contributed by atoms with Crippen LogP contribution in [0.3, 0.4) is 0 Å². The maximum Gasteiger partial charge on any atom is 0.356 e. The summed E-state index contributed by atoms with van der Waals surface area (Å²) in [7, 11) is 0. The number of rotatable bonds is 4. The average Bonchev–Trinajstić information content (AvgIpc) is 2.99. The number of hydrogen-bond acceptors (Lipinski definition) is 3. The SMILES string of the molecule is C=CCNC(=S)N1CCc2c(c(C(=O)O)nn2-c2ccc(Br)cc2)C1. The highest BCUT2D eigenvalue weighted by atomic mass is 79.9. The van der Waals surface area contributed by atoms with Gasteiger partial charge in [0.2, 0.25) is 0 Å². The van der Waals surface area contributed by atoms with Gasteiger partial charge in [0.15, 0.2) is 10.8 Å². The summed E-state index contributed by atoms with van der Waals surface area (Å²) in [4.78, 5) is 13.6. The minimum Gasteiger partial charge on any atom is -0.476 e. The Morgan fingerprint density at radius 1 is 1.44 bits per heavy atom. The van der Waals surface area contributed by atoms with Crippen molar-refractivity contribution in [2.24, 2.45) is 0 Å². The number of carbonyl (C=O) groups is 1. The summed E-state index contributed by atoms with van der Waals surface area (Å²) < 4.78 is 2.68. The summed E-state index contributed by atoms with van der Waals surface area (Å²) >= 11 is 8.79. The van der Waals surface area contributed by atoms with E-state index in [-0.39, 0.29) is 5.69 Å². The van der Waals surface area contributed by atoms with Crippen molar-refractivity contribution >= 4 is 39.2 Å². The molecular weight excluding hydrogens is 404 g/mol. The molecular formula is C17H17BrN4O2S. The molecule has 1 aromatic heterocycles. The Morgan fingerprint density at radius 2 is 2.16 bits per heavy atom. The Hall–Kier alpha value is -2.19. The van der Waals surface area contributed by atoms with Gasteiger partial charge in [-0.1, -0.05) is 22.0 Å². The van der Waals surface area contributed by atoms with Crippen LogP contribution >= 0.6 is 28.1 Å². The van der Waals surface area contributed by atoms with Crippen molar-refractivity contribution in [1.82, 2.24) is 20.0 Å². The summed E-state index contributed by atoms with van der Waals surface area (Å²) in [6, 6.07) is 7.64. The molecule has 130 valence electrons. The molecule has 2 N–H and O–H groups in total. The van der Waals surface area contributed by atoms with Crippen LogP contribution in [0.5, 0.6) is 0 Å². The number of aromatic nitrogens is 2. The third-order valence-corrected chi connectivity index (χ3v) is 4.95. The Kier molecular flexibility index (Phi) is 5.19. The molecule has 25 heavy (non-hydrogen) atoms. The average molecular weight is 421 g/mol. The molecule has 2 aromatic rings. The van der Waals surface area contributed by atoms with Crippen molar-refractivity contribution in [3.05, 3.63) is 58.3 Å². The van der Waals surface area contributed by atoms with Gasteiger partial charge in [-0.25, -0.2) is 9.48 Å². The molecule has 0 bridgehead atoms. The van der Waals surface area contributed by atoms with E-state index in [2.05, 4.69) is 32.9 Å². The van der Waals surface area contributed by atoms with E-state index in [1.807, 2.05) is 29.2 Å². The maximum absolute atomic E-state index is 11.7. The highest BCUT2D eigenvalue weighted by Gasteiger charge is 2.29. The van der Waals surface area contributed by atoms with Crippen molar-refractivity contribution in [1.29, 1.82) is 0 Å². The molecule has 1 aliphatic rings. The monoisotopic (exact) mass is 420 g/mol. The van der Waals surface area contributed by atoms with Crippen LogP contribution in [-0.2, 0) is 13.0 Å². The highest BCUT2D eigenvalue weighted by molar-refractivity contribution is 9.10. The first-order valence-electron chi connectivity index (χ1n) is 7.75. The van der Waals surface area contributed by atoms with E-state index in [1.165, 1.54) is 0 Å². The number of nitrogens with zero attached hydrogens (tertiary/aromatic N) is 3. The van der Waals surface area contributed by atoms with Gasteiger partial charge in [-0.15, -0.1) is 6.58 Å². The second-order valence-electron chi connectivity index (χ2n) is 5.61. The second kappa shape index (κ2) is 7.37. The molecule has 2 heterocycles. The zero-order valence-corrected chi connectivity index (χ0v) is 15.8. The number of aromatic carboxylic acids is 1. The first kappa shape index (κ1) is 17.6. The summed E-state index contributed by atoms with van der Waals surface area (Å²) in [5.74, 6) is -1.03. The van der Waals surface area contributed by atoms with Crippen LogP contribution < -0.4 is 5.32 Å². The molecule has 0 amide bonds. The van der Waals surface area contributed by atoms with Gasteiger partial charge in [0.05, 0.1) is 11.4 Å². The third-order valence-electron chi connectivity index (χ3n) is 4.02. The van der Waals surface area contributed by atoms with Crippen LogP contribution in [0.4, 0.5) is 0 Å². The lowest BCUT2D eigenvalue weighted by molar-refractivity contribution is 0.0688. The van der Waals surface area contributed by atoms with Gasteiger partial charge < -0.3 is 15.3 Å². The lowest BCUT2D eigenvalue weighted by Gasteiger charge is -2.30. The van der Waals surface area contributed by atoms with Crippen LogP contribution in [0.2, 0.25) is 0 Å². The summed E-state index contributed by atoms with van der Waals surface area (Å²) in [5, 5.41) is 17.6. The van der Waals surface area contributed by atoms with Crippen molar-refractivity contribution in [3.63, 3.8) is 0 Å². The quantitative estimate of drug-likeness (QED) is 0.585. The molecule has 3 rings (SSSR count). The molecule has 0 saturated heterocycles. The zero-order valence-electron chi connectivity index (χ0n) is 13.4. The largest absolute Gasteiger partial charge is 0.476 e. The highest BCUT2D eigenvalue weighted by Crippen LogP contribution is 2.26. The summed E-state index contributed by atoms with van der Waals surface area (Å²) in [5.41, 5.74) is 2.55. The molecule has 0 spiro atoms. The molecule has 6 nitrogen and oxygen atoms in total. The van der Waals surface area contributed by atoms with E-state index in [1.54, 1.807) is 10.8 Å². The predicted molar refractivity (Wildman–Crippen MR) is 103 cm³/mol. The first-order valence-corrected chi connectivity index (χ1v) is 8.95. The van der Waals surface area contributed by atoms with Crippen molar-refractivity contribution in [2.75, 3.05) is 13.1 Å². The standard InChI is InChI=1S/C17H17BrN4O2S/c1-2-8-19-17(25)21-9-7-14-13(10-21)15(16(23)24)20-22(14)12-5-3-11(18)4-6-12/h2-6H,1,7-10H2,(H,19,25)(H,23,24). The smallest absolute Gasteiger partial charge is 0.356 e. The normalized spacial score (nSPS) is 13.2. The van der Waals surface area contributed by atoms with Crippen molar-refractivity contribution < 1.29 is 9.90 Å². The van der Waals surface area contributed by atoms with Gasteiger partial charge in [-0.3, -0.25) is 0 Å². The first-order chi connectivity index (χ1) is 12.0. The number of fused-ring (bicyclic) bond motifs is 1. The van der Waals surface area contributed by atoms with Crippen LogP contribution in [0.15, 0.2) is 41.4 Å². The molecule has 0 atom stereocenters. The topological polar surface area (TPSA) is 70.4 Å².